The molecule has 1 saturated heterocycles. The molecule has 2 rings (SSSR count). The summed E-state index contributed by atoms with van der Waals surface area (Å²) in [7, 11) is 3.63. The van der Waals surface area contributed by atoms with E-state index >= 15 is 0 Å². The lowest BCUT2D eigenvalue weighted by Gasteiger charge is -2.37. The molecule has 0 unspecified atom stereocenters. The molecule has 1 fully saturated rings. The Kier molecular flexibility index (Phi) is 4.65. The van der Waals surface area contributed by atoms with Gasteiger partial charge in [-0.05, 0) is 31.0 Å². The molecule has 0 N–H and O–H groups in total. The molecule has 0 aliphatic carbocycles. The summed E-state index contributed by atoms with van der Waals surface area (Å²) in [5.41, 5.74) is 4.04. The van der Waals surface area contributed by atoms with Gasteiger partial charge in [-0.15, -0.1) is 0 Å². The quantitative estimate of drug-likeness (QED) is 0.837. The lowest BCUT2D eigenvalue weighted by molar-refractivity contribution is -0.129. The van der Waals surface area contributed by atoms with Crippen molar-refractivity contribution >= 4 is 11.6 Å². The molecule has 0 bridgehead atoms. The number of hydrogen-bond donors (Lipinski definition) is 0. The van der Waals surface area contributed by atoms with E-state index in [0.29, 0.717) is 6.54 Å². The summed E-state index contributed by atoms with van der Waals surface area (Å²) in [4.78, 5) is 18.1. The highest BCUT2D eigenvalue weighted by Crippen LogP contribution is 2.23. The normalized spacial score (nSPS) is 16.3. The Morgan fingerprint density at radius 2 is 1.80 bits per heavy atom. The zero-order valence-corrected chi connectivity index (χ0v) is 13.0. The number of carbonyl (C=O) groups excluding carboxylic acids is 1. The van der Waals surface area contributed by atoms with Gasteiger partial charge in [0.25, 0.3) is 0 Å². The molecule has 20 heavy (non-hydrogen) atoms. The van der Waals surface area contributed by atoms with Crippen molar-refractivity contribution in [2.75, 3.05) is 51.7 Å². The van der Waals surface area contributed by atoms with Crippen LogP contribution in [0.3, 0.4) is 0 Å². The van der Waals surface area contributed by atoms with E-state index in [1.165, 1.54) is 16.8 Å². The van der Waals surface area contributed by atoms with Gasteiger partial charge in [-0.2, -0.15) is 0 Å². The molecule has 0 spiro atoms. The topological polar surface area (TPSA) is 26.8 Å². The van der Waals surface area contributed by atoms with Crippen molar-refractivity contribution in [2.45, 2.75) is 13.8 Å². The summed E-state index contributed by atoms with van der Waals surface area (Å²) in [5.74, 6) is 0.185. The number of benzene rings is 1. The zero-order chi connectivity index (χ0) is 14.7. The number of likely N-dealkylation sites (N-methyl/N-ethyl adjacent to an activating group) is 1. The molecule has 1 heterocycles. The standard InChI is InChI=1S/C16H25N3O/c1-13-6-5-7-15(14(13)2)19-10-8-18(9-11-19)12-16(20)17(3)4/h5-7H,8-12H2,1-4H3. The van der Waals surface area contributed by atoms with E-state index in [2.05, 4.69) is 41.8 Å². The lowest BCUT2D eigenvalue weighted by atomic mass is 10.1. The molecule has 0 aromatic heterocycles. The predicted octanol–water partition coefficient (Wildman–Crippen LogP) is 1.51. The number of amides is 1. The van der Waals surface area contributed by atoms with Crippen LogP contribution in [0.15, 0.2) is 18.2 Å². The maximum Gasteiger partial charge on any atom is 0.236 e. The monoisotopic (exact) mass is 275 g/mol. The van der Waals surface area contributed by atoms with Crippen LogP contribution >= 0.6 is 0 Å². The third-order valence-corrected chi connectivity index (χ3v) is 4.15. The fourth-order valence-corrected chi connectivity index (χ4v) is 2.56. The maximum atomic E-state index is 11.7. The summed E-state index contributed by atoms with van der Waals surface area (Å²) in [6, 6.07) is 6.48. The predicted molar refractivity (Wildman–Crippen MR) is 83.3 cm³/mol. The smallest absolute Gasteiger partial charge is 0.236 e. The highest BCUT2D eigenvalue weighted by Gasteiger charge is 2.20. The van der Waals surface area contributed by atoms with Crippen molar-refractivity contribution < 1.29 is 4.79 Å². The van der Waals surface area contributed by atoms with Gasteiger partial charge in [0.1, 0.15) is 0 Å². The molecule has 110 valence electrons. The zero-order valence-electron chi connectivity index (χ0n) is 13.0. The van der Waals surface area contributed by atoms with E-state index in [0.717, 1.165) is 26.2 Å². The fourth-order valence-electron chi connectivity index (χ4n) is 2.56. The van der Waals surface area contributed by atoms with Crippen molar-refractivity contribution in [2.24, 2.45) is 0 Å². The summed E-state index contributed by atoms with van der Waals surface area (Å²) in [6.45, 7) is 8.76. The van der Waals surface area contributed by atoms with Gasteiger partial charge >= 0.3 is 0 Å². The van der Waals surface area contributed by atoms with Gasteiger partial charge in [0, 0.05) is 46.0 Å². The van der Waals surface area contributed by atoms with Crippen LogP contribution in [0.2, 0.25) is 0 Å². The second kappa shape index (κ2) is 6.27. The van der Waals surface area contributed by atoms with E-state index in [1.807, 2.05) is 14.1 Å². The van der Waals surface area contributed by atoms with Gasteiger partial charge in [0.05, 0.1) is 6.54 Å². The summed E-state index contributed by atoms with van der Waals surface area (Å²) in [6.07, 6.45) is 0. The molecule has 4 nitrogen and oxygen atoms in total. The molecule has 0 radical (unpaired) electrons. The first-order valence-corrected chi connectivity index (χ1v) is 7.22. The molecule has 1 aromatic carbocycles. The Bertz CT molecular complexity index is 477. The summed E-state index contributed by atoms with van der Waals surface area (Å²) >= 11 is 0. The number of anilines is 1. The number of aryl methyl sites for hydroxylation is 1. The molecule has 4 heteroatoms. The van der Waals surface area contributed by atoms with Gasteiger partial charge in [-0.1, -0.05) is 12.1 Å². The molecular formula is C16H25N3O. The molecular weight excluding hydrogens is 250 g/mol. The number of nitrogens with zero attached hydrogens (tertiary/aromatic N) is 3. The van der Waals surface area contributed by atoms with Gasteiger partial charge < -0.3 is 9.80 Å². The van der Waals surface area contributed by atoms with E-state index in [4.69, 9.17) is 0 Å². The highest BCUT2D eigenvalue weighted by molar-refractivity contribution is 5.77. The van der Waals surface area contributed by atoms with Crippen molar-refractivity contribution in [1.82, 2.24) is 9.80 Å². The fraction of sp³-hybridized carbons (Fsp3) is 0.562. The SMILES string of the molecule is Cc1cccc(N2CCN(CC(=O)N(C)C)CC2)c1C. The third-order valence-electron chi connectivity index (χ3n) is 4.15. The Hall–Kier alpha value is -1.55. The summed E-state index contributed by atoms with van der Waals surface area (Å²) < 4.78 is 0. The third kappa shape index (κ3) is 3.31. The van der Waals surface area contributed by atoms with Crippen molar-refractivity contribution in [3.8, 4) is 0 Å². The average molecular weight is 275 g/mol. The molecule has 1 aromatic rings. The van der Waals surface area contributed by atoms with Crippen LogP contribution in [-0.2, 0) is 4.79 Å². The summed E-state index contributed by atoms with van der Waals surface area (Å²) in [5, 5.41) is 0. The van der Waals surface area contributed by atoms with Gasteiger partial charge in [0.15, 0.2) is 0 Å². The minimum atomic E-state index is 0.185. The minimum absolute atomic E-state index is 0.185. The first-order chi connectivity index (χ1) is 9.49. The van der Waals surface area contributed by atoms with Crippen LogP contribution in [0.4, 0.5) is 5.69 Å². The van der Waals surface area contributed by atoms with E-state index in [1.54, 1.807) is 4.90 Å². The van der Waals surface area contributed by atoms with E-state index in [9.17, 15) is 4.79 Å². The number of piperazine rings is 1. The first kappa shape index (κ1) is 14.9. The Morgan fingerprint density at radius 1 is 1.15 bits per heavy atom. The average Bonchev–Trinajstić information content (AvgIpc) is 2.43. The molecule has 0 saturated carbocycles. The largest absolute Gasteiger partial charge is 0.369 e. The molecule has 1 amide bonds. The maximum absolute atomic E-state index is 11.7. The molecule has 0 atom stereocenters. The van der Waals surface area contributed by atoms with Crippen molar-refractivity contribution in [3.63, 3.8) is 0 Å². The van der Waals surface area contributed by atoms with Gasteiger partial charge in [0.2, 0.25) is 5.91 Å². The Labute approximate surface area is 122 Å². The van der Waals surface area contributed by atoms with E-state index < -0.39 is 0 Å². The van der Waals surface area contributed by atoms with Crippen LogP contribution in [0.5, 0.6) is 0 Å². The Balaban J connectivity index is 1.94. The van der Waals surface area contributed by atoms with Crippen LogP contribution in [-0.4, -0.2) is 62.5 Å². The van der Waals surface area contributed by atoms with Crippen LogP contribution in [0.25, 0.3) is 0 Å². The van der Waals surface area contributed by atoms with Gasteiger partial charge in [-0.3, -0.25) is 9.69 Å². The van der Waals surface area contributed by atoms with Crippen LogP contribution < -0.4 is 4.90 Å². The number of rotatable bonds is 3. The van der Waals surface area contributed by atoms with Crippen LogP contribution in [0, 0.1) is 13.8 Å². The molecule has 1 aliphatic heterocycles. The lowest BCUT2D eigenvalue weighted by Crippen LogP contribution is -2.49. The van der Waals surface area contributed by atoms with Crippen molar-refractivity contribution in [3.05, 3.63) is 29.3 Å². The minimum Gasteiger partial charge on any atom is -0.369 e. The van der Waals surface area contributed by atoms with Crippen LogP contribution in [0.1, 0.15) is 11.1 Å². The highest BCUT2D eigenvalue weighted by atomic mass is 16.2. The second-order valence-corrected chi connectivity index (χ2v) is 5.77. The Morgan fingerprint density at radius 3 is 2.40 bits per heavy atom. The van der Waals surface area contributed by atoms with Crippen molar-refractivity contribution in [1.29, 1.82) is 0 Å². The number of hydrogen-bond acceptors (Lipinski definition) is 3. The van der Waals surface area contributed by atoms with E-state index in [-0.39, 0.29) is 5.91 Å². The first-order valence-electron chi connectivity index (χ1n) is 7.22. The van der Waals surface area contributed by atoms with Gasteiger partial charge in [-0.25, -0.2) is 0 Å². The molecule has 1 aliphatic rings. The second-order valence-electron chi connectivity index (χ2n) is 5.77. The number of carbonyl (C=O) groups is 1.